The van der Waals surface area contributed by atoms with Crippen molar-refractivity contribution in [3.8, 4) is 6.01 Å². The van der Waals surface area contributed by atoms with Crippen molar-refractivity contribution in [1.29, 1.82) is 0 Å². The second kappa shape index (κ2) is 4.33. The van der Waals surface area contributed by atoms with Crippen molar-refractivity contribution in [3.05, 3.63) is 12.4 Å². The Hall–Kier alpha value is -1.52. The number of carbonyl (C=O) groups is 1. The summed E-state index contributed by atoms with van der Waals surface area (Å²) in [6, 6.07) is 0.259. The molecule has 1 fully saturated rings. The first kappa shape index (κ1) is 10.0. The van der Waals surface area contributed by atoms with E-state index in [-0.39, 0.29) is 12.1 Å². The van der Waals surface area contributed by atoms with Crippen LogP contribution in [0.3, 0.4) is 0 Å². The second-order valence-electron chi connectivity index (χ2n) is 3.74. The Bertz CT molecular complexity index is 319. The lowest BCUT2D eigenvalue weighted by atomic mass is 10.4. The maximum absolute atomic E-state index is 11.6. The number of aromatic nitrogens is 2. The molecule has 1 aromatic rings. The molecule has 1 amide bonds. The van der Waals surface area contributed by atoms with Crippen LogP contribution in [0.25, 0.3) is 0 Å². The van der Waals surface area contributed by atoms with Gasteiger partial charge in [-0.25, -0.2) is 9.78 Å². The topological polar surface area (TPSA) is 58.2 Å². The van der Waals surface area contributed by atoms with Gasteiger partial charge in [0.1, 0.15) is 0 Å². The van der Waals surface area contributed by atoms with Gasteiger partial charge in [0.25, 0.3) is 0 Å². The lowest BCUT2D eigenvalue weighted by Crippen LogP contribution is -2.35. The van der Waals surface area contributed by atoms with Gasteiger partial charge in [-0.15, -0.1) is 0 Å². The van der Waals surface area contributed by atoms with Gasteiger partial charge in [0.05, 0.1) is 0 Å². The minimum Gasteiger partial charge on any atom is -0.375 e. The maximum atomic E-state index is 11.6. The smallest absolute Gasteiger partial charge is 0.375 e. The van der Waals surface area contributed by atoms with Gasteiger partial charge in [0.2, 0.25) is 0 Å². The van der Waals surface area contributed by atoms with Crippen LogP contribution < -0.4 is 4.74 Å². The summed E-state index contributed by atoms with van der Waals surface area (Å²) in [5, 5.41) is 0. The molecule has 5 heteroatoms. The van der Waals surface area contributed by atoms with Gasteiger partial charge in [-0.2, -0.15) is 0 Å². The monoisotopic (exact) mass is 209 g/mol. The van der Waals surface area contributed by atoms with Crippen LogP contribution in [0.5, 0.6) is 6.01 Å². The molecule has 0 radical (unpaired) electrons. The molecular weight excluding hydrogens is 194 g/mol. The highest BCUT2D eigenvalue weighted by molar-refractivity contribution is 5.69. The van der Waals surface area contributed by atoms with Crippen molar-refractivity contribution < 1.29 is 9.53 Å². The highest BCUT2D eigenvalue weighted by Gasteiger charge is 2.27. The zero-order valence-electron chi connectivity index (χ0n) is 8.77. The maximum Gasteiger partial charge on any atom is 0.417 e. The summed E-state index contributed by atoms with van der Waals surface area (Å²) in [7, 11) is 0. The molecule has 1 aliphatic rings. The van der Waals surface area contributed by atoms with E-state index in [1.807, 2.05) is 6.92 Å². The van der Waals surface area contributed by atoms with Crippen LogP contribution in [-0.4, -0.2) is 34.1 Å². The fourth-order valence-electron chi connectivity index (χ4n) is 1.40. The van der Waals surface area contributed by atoms with Gasteiger partial charge in [0, 0.05) is 25.5 Å². The molecule has 0 saturated heterocycles. The molecule has 1 aliphatic carbocycles. The number of imidazole rings is 1. The summed E-state index contributed by atoms with van der Waals surface area (Å²) in [6.07, 6.45) is 5.31. The van der Waals surface area contributed by atoms with E-state index < -0.39 is 0 Å². The van der Waals surface area contributed by atoms with Crippen LogP contribution in [0.4, 0.5) is 4.79 Å². The van der Waals surface area contributed by atoms with Gasteiger partial charge in [0.15, 0.2) is 0 Å². The minimum absolute atomic E-state index is 0.259. The lowest BCUT2D eigenvalue weighted by molar-refractivity contribution is 0.149. The summed E-state index contributed by atoms with van der Waals surface area (Å²) in [5.41, 5.74) is 0. The Morgan fingerprint density at radius 1 is 1.73 bits per heavy atom. The Morgan fingerprint density at radius 3 is 3.07 bits per heavy atom. The molecule has 15 heavy (non-hydrogen) atoms. The SMILES string of the molecule is CCN(CC1CC1)C(=O)Oc1ncc[nH]1. The third-order valence-electron chi connectivity index (χ3n) is 2.47. The molecule has 0 aliphatic heterocycles. The molecule has 82 valence electrons. The van der Waals surface area contributed by atoms with E-state index in [1.54, 1.807) is 17.3 Å². The van der Waals surface area contributed by atoms with E-state index >= 15 is 0 Å². The van der Waals surface area contributed by atoms with Crippen molar-refractivity contribution in [3.63, 3.8) is 0 Å². The average molecular weight is 209 g/mol. The molecule has 1 N–H and O–H groups in total. The van der Waals surface area contributed by atoms with E-state index in [2.05, 4.69) is 9.97 Å². The minimum atomic E-state index is -0.320. The quantitative estimate of drug-likeness (QED) is 0.820. The zero-order valence-corrected chi connectivity index (χ0v) is 8.77. The largest absolute Gasteiger partial charge is 0.417 e. The van der Waals surface area contributed by atoms with Crippen LogP contribution in [0.1, 0.15) is 19.8 Å². The first-order valence-corrected chi connectivity index (χ1v) is 5.25. The molecular formula is C10H15N3O2. The standard InChI is InChI=1S/C10H15N3O2/c1-2-13(7-8-3-4-8)10(14)15-9-11-5-6-12-9/h5-6,8H,2-4,7H2,1H3,(H,11,12). The Morgan fingerprint density at radius 2 is 2.53 bits per heavy atom. The van der Waals surface area contributed by atoms with E-state index in [1.165, 1.54) is 12.8 Å². The van der Waals surface area contributed by atoms with Crippen molar-refractivity contribution in [2.45, 2.75) is 19.8 Å². The lowest BCUT2D eigenvalue weighted by Gasteiger charge is -2.18. The fraction of sp³-hybridized carbons (Fsp3) is 0.600. The molecule has 1 heterocycles. The van der Waals surface area contributed by atoms with Crippen LogP contribution in [0.2, 0.25) is 0 Å². The van der Waals surface area contributed by atoms with Crippen LogP contribution >= 0.6 is 0 Å². The first-order valence-electron chi connectivity index (χ1n) is 5.25. The van der Waals surface area contributed by atoms with Gasteiger partial charge >= 0.3 is 12.1 Å². The van der Waals surface area contributed by atoms with Crippen LogP contribution in [0.15, 0.2) is 12.4 Å². The number of carbonyl (C=O) groups excluding carboxylic acids is 1. The van der Waals surface area contributed by atoms with E-state index in [0.29, 0.717) is 12.5 Å². The van der Waals surface area contributed by atoms with Gasteiger partial charge < -0.3 is 14.6 Å². The molecule has 0 unspecified atom stereocenters. The number of nitrogens with one attached hydrogen (secondary N) is 1. The Kier molecular flexibility index (Phi) is 2.89. The number of hydrogen-bond donors (Lipinski definition) is 1. The predicted octanol–water partition coefficient (Wildman–Crippen LogP) is 1.64. The normalized spacial score (nSPS) is 15.0. The molecule has 1 saturated carbocycles. The molecule has 0 atom stereocenters. The van der Waals surface area contributed by atoms with Gasteiger partial charge in [-0.05, 0) is 25.7 Å². The van der Waals surface area contributed by atoms with Gasteiger partial charge in [-0.3, -0.25) is 0 Å². The van der Waals surface area contributed by atoms with E-state index in [9.17, 15) is 4.79 Å². The molecule has 5 nitrogen and oxygen atoms in total. The van der Waals surface area contributed by atoms with Crippen molar-refractivity contribution in [1.82, 2.24) is 14.9 Å². The van der Waals surface area contributed by atoms with Crippen molar-refractivity contribution in [2.75, 3.05) is 13.1 Å². The number of nitrogens with zero attached hydrogens (tertiary/aromatic N) is 2. The van der Waals surface area contributed by atoms with E-state index in [0.717, 1.165) is 6.54 Å². The van der Waals surface area contributed by atoms with Crippen molar-refractivity contribution in [2.24, 2.45) is 5.92 Å². The highest BCUT2D eigenvalue weighted by Crippen LogP contribution is 2.29. The molecule has 2 rings (SSSR count). The number of ether oxygens (including phenoxy) is 1. The Balaban J connectivity index is 1.86. The van der Waals surface area contributed by atoms with Gasteiger partial charge in [-0.1, -0.05) is 0 Å². The number of H-pyrrole nitrogens is 1. The number of aromatic amines is 1. The fourth-order valence-corrected chi connectivity index (χ4v) is 1.40. The summed E-state index contributed by atoms with van der Waals surface area (Å²) < 4.78 is 5.06. The van der Waals surface area contributed by atoms with Crippen LogP contribution in [-0.2, 0) is 0 Å². The molecule has 0 aromatic carbocycles. The predicted molar refractivity (Wildman–Crippen MR) is 54.6 cm³/mol. The summed E-state index contributed by atoms with van der Waals surface area (Å²) in [6.45, 7) is 3.43. The highest BCUT2D eigenvalue weighted by atomic mass is 16.6. The second-order valence-corrected chi connectivity index (χ2v) is 3.74. The zero-order chi connectivity index (χ0) is 10.7. The summed E-state index contributed by atoms with van der Waals surface area (Å²) in [4.78, 5) is 19.9. The molecule has 0 bridgehead atoms. The average Bonchev–Trinajstić information content (AvgIpc) is 2.91. The molecule has 0 spiro atoms. The van der Waals surface area contributed by atoms with E-state index in [4.69, 9.17) is 4.74 Å². The number of hydrogen-bond acceptors (Lipinski definition) is 3. The first-order chi connectivity index (χ1) is 7.29. The third-order valence-corrected chi connectivity index (χ3v) is 2.47. The number of rotatable bonds is 4. The third kappa shape index (κ3) is 2.71. The van der Waals surface area contributed by atoms with Crippen molar-refractivity contribution >= 4 is 6.09 Å². The Labute approximate surface area is 88.4 Å². The molecule has 1 aromatic heterocycles. The summed E-state index contributed by atoms with van der Waals surface area (Å²) in [5.74, 6) is 0.675. The van der Waals surface area contributed by atoms with Crippen LogP contribution in [0, 0.1) is 5.92 Å². The number of amides is 1. The summed E-state index contributed by atoms with van der Waals surface area (Å²) >= 11 is 0.